The Bertz CT molecular complexity index is 786. The number of hydrogen-bond donors (Lipinski definition) is 2. The van der Waals surface area contributed by atoms with Gasteiger partial charge in [-0.2, -0.15) is 0 Å². The summed E-state index contributed by atoms with van der Waals surface area (Å²) in [4.78, 5) is 23.3. The Morgan fingerprint density at radius 3 is 2.42 bits per heavy atom. The zero-order valence-corrected chi connectivity index (χ0v) is 15.1. The smallest absolute Gasteiger partial charge is 0.408 e. The molecule has 1 atom stereocenters. The second-order valence-electron chi connectivity index (χ2n) is 6.71. The average molecular weight is 359 g/mol. The Morgan fingerprint density at radius 2 is 1.85 bits per heavy atom. The maximum absolute atomic E-state index is 11.9. The Balaban J connectivity index is 2.14. The Hall–Kier alpha value is -3.10. The molecule has 2 rings (SSSR count). The molecule has 0 aliphatic heterocycles. The number of aliphatic carboxylic acids is 1. The van der Waals surface area contributed by atoms with Crippen molar-refractivity contribution < 1.29 is 19.4 Å². The summed E-state index contributed by atoms with van der Waals surface area (Å²) in [7, 11) is 0. The highest BCUT2D eigenvalue weighted by atomic mass is 16.6. The summed E-state index contributed by atoms with van der Waals surface area (Å²) < 4.78 is 5.11. The summed E-state index contributed by atoms with van der Waals surface area (Å²) in [6.07, 6.45) is -0.703. The molecule has 1 aromatic heterocycles. The van der Waals surface area contributed by atoms with E-state index in [9.17, 15) is 14.7 Å². The van der Waals surface area contributed by atoms with Crippen LogP contribution >= 0.6 is 0 Å². The molecule has 1 amide bonds. The summed E-state index contributed by atoms with van der Waals surface area (Å²) in [6, 6.07) is 5.89. The molecule has 26 heavy (non-hydrogen) atoms. The lowest BCUT2D eigenvalue weighted by Crippen LogP contribution is -2.44. The van der Waals surface area contributed by atoms with E-state index in [1.807, 2.05) is 0 Å². The molecule has 2 N–H and O–H groups in total. The molecule has 0 aliphatic carbocycles. The first-order chi connectivity index (χ1) is 12.1. The highest BCUT2D eigenvalue weighted by Gasteiger charge is 2.24. The number of carbonyl (C=O) groups is 2. The SMILES string of the molecule is Cc1nnc(-c2cccc(C[C@H](NC(=O)OC(C)(C)C)C(=O)O)c2)nn1. The van der Waals surface area contributed by atoms with Crippen molar-refractivity contribution in [3.05, 3.63) is 35.7 Å². The number of aryl methyl sites for hydroxylation is 1. The molecule has 0 saturated heterocycles. The molecule has 0 bridgehead atoms. The van der Waals surface area contributed by atoms with Crippen molar-refractivity contribution in [3.63, 3.8) is 0 Å². The second kappa shape index (κ2) is 7.85. The number of alkyl carbamates (subject to hydrolysis) is 1. The van der Waals surface area contributed by atoms with Crippen LogP contribution in [0.3, 0.4) is 0 Å². The van der Waals surface area contributed by atoms with Gasteiger partial charge in [-0.3, -0.25) is 0 Å². The van der Waals surface area contributed by atoms with Crippen LogP contribution in [0.25, 0.3) is 11.4 Å². The van der Waals surface area contributed by atoms with Crippen LogP contribution in [0.2, 0.25) is 0 Å². The number of amides is 1. The number of nitrogens with zero attached hydrogens (tertiary/aromatic N) is 4. The molecule has 0 unspecified atom stereocenters. The third-order valence-electron chi connectivity index (χ3n) is 3.19. The zero-order chi connectivity index (χ0) is 19.3. The van der Waals surface area contributed by atoms with Crippen LogP contribution in [0.5, 0.6) is 0 Å². The highest BCUT2D eigenvalue weighted by molar-refractivity contribution is 5.80. The molecule has 9 heteroatoms. The molecule has 0 radical (unpaired) electrons. The molecule has 1 aromatic carbocycles. The van der Waals surface area contributed by atoms with Gasteiger partial charge in [0.1, 0.15) is 11.6 Å². The zero-order valence-electron chi connectivity index (χ0n) is 15.1. The lowest BCUT2D eigenvalue weighted by molar-refractivity contribution is -0.139. The van der Waals surface area contributed by atoms with E-state index in [1.165, 1.54) is 0 Å². The molecular weight excluding hydrogens is 338 g/mol. The van der Waals surface area contributed by atoms with E-state index in [-0.39, 0.29) is 6.42 Å². The van der Waals surface area contributed by atoms with Crippen molar-refractivity contribution in [1.29, 1.82) is 0 Å². The van der Waals surface area contributed by atoms with Crippen LogP contribution < -0.4 is 5.32 Å². The molecule has 2 aromatic rings. The summed E-state index contributed by atoms with van der Waals surface area (Å²) in [6.45, 7) is 6.79. The topological polar surface area (TPSA) is 127 Å². The van der Waals surface area contributed by atoms with Crippen LogP contribution in [0, 0.1) is 6.92 Å². The number of rotatable bonds is 5. The van der Waals surface area contributed by atoms with Gasteiger partial charge < -0.3 is 15.2 Å². The summed E-state index contributed by atoms with van der Waals surface area (Å²) in [5.74, 6) is -0.363. The number of carboxylic acid groups (broad SMARTS) is 1. The van der Waals surface area contributed by atoms with Gasteiger partial charge in [0.2, 0.25) is 5.82 Å². The first-order valence-electron chi connectivity index (χ1n) is 8.00. The Morgan fingerprint density at radius 1 is 1.19 bits per heavy atom. The largest absolute Gasteiger partial charge is 0.480 e. The third-order valence-corrected chi connectivity index (χ3v) is 3.19. The lowest BCUT2D eigenvalue weighted by Gasteiger charge is -2.22. The number of hydrogen-bond acceptors (Lipinski definition) is 7. The number of ether oxygens (including phenoxy) is 1. The second-order valence-corrected chi connectivity index (χ2v) is 6.71. The Kier molecular flexibility index (Phi) is 5.81. The molecule has 0 fully saturated rings. The normalized spacial score (nSPS) is 12.3. The maximum atomic E-state index is 11.9. The monoisotopic (exact) mass is 359 g/mol. The van der Waals surface area contributed by atoms with Crippen LogP contribution in [0.15, 0.2) is 24.3 Å². The molecular formula is C17H21N5O4. The predicted molar refractivity (Wildman–Crippen MR) is 92.3 cm³/mol. The maximum Gasteiger partial charge on any atom is 0.408 e. The van der Waals surface area contributed by atoms with Crippen LogP contribution in [-0.2, 0) is 16.0 Å². The van der Waals surface area contributed by atoms with Crippen LogP contribution in [-0.4, -0.2) is 49.2 Å². The summed E-state index contributed by atoms with van der Waals surface area (Å²) in [5.41, 5.74) is 0.634. The van der Waals surface area contributed by atoms with Crippen molar-refractivity contribution in [1.82, 2.24) is 25.7 Å². The quantitative estimate of drug-likeness (QED) is 0.827. The first kappa shape index (κ1) is 19.2. The van der Waals surface area contributed by atoms with Gasteiger partial charge in [0.25, 0.3) is 0 Å². The van der Waals surface area contributed by atoms with Gasteiger partial charge in [-0.25, -0.2) is 9.59 Å². The minimum absolute atomic E-state index is 0.0785. The molecule has 9 nitrogen and oxygen atoms in total. The summed E-state index contributed by atoms with van der Waals surface area (Å²) in [5, 5.41) is 27.4. The molecule has 138 valence electrons. The molecule has 1 heterocycles. The number of benzene rings is 1. The van der Waals surface area contributed by atoms with E-state index in [0.717, 1.165) is 0 Å². The molecule has 0 aliphatic rings. The van der Waals surface area contributed by atoms with Crippen molar-refractivity contribution in [2.75, 3.05) is 0 Å². The fourth-order valence-corrected chi connectivity index (χ4v) is 2.12. The van der Waals surface area contributed by atoms with E-state index >= 15 is 0 Å². The molecule has 0 saturated carbocycles. The van der Waals surface area contributed by atoms with E-state index in [2.05, 4.69) is 25.7 Å². The van der Waals surface area contributed by atoms with Crippen molar-refractivity contribution in [2.24, 2.45) is 0 Å². The fraction of sp³-hybridized carbons (Fsp3) is 0.412. The number of aromatic nitrogens is 4. The minimum atomic E-state index is -1.16. The Labute approximate surface area is 150 Å². The number of carboxylic acids is 1. The summed E-state index contributed by atoms with van der Waals surface area (Å²) >= 11 is 0. The van der Waals surface area contributed by atoms with Gasteiger partial charge in [-0.05, 0) is 39.3 Å². The van der Waals surface area contributed by atoms with E-state index in [4.69, 9.17) is 4.74 Å². The van der Waals surface area contributed by atoms with Crippen molar-refractivity contribution in [2.45, 2.75) is 45.8 Å². The number of nitrogens with one attached hydrogen (secondary N) is 1. The van der Waals surface area contributed by atoms with Gasteiger partial charge in [0, 0.05) is 12.0 Å². The number of carbonyl (C=O) groups excluding carboxylic acids is 1. The van der Waals surface area contributed by atoms with Gasteiger partial charge in [-0.1, -0.05) is 18.2 Å². The standard InChI is InChI=1S/C17H21N5O4/c1-10-19-21-14(22-20-10)12-7-5-6-11(8-12)9-13(15(23)24)18-16(25)26-17(2,3)4/h5-8,13H,9H2,1-4H3,(H,18,25)(H,23,24)/t13-/m0/s1. The van der Waals surface area contributed by atoms with Crippen LogP contribution in [0.4, 0.5) is 4.79 Å². The van der Waals surface area contributed by atoms with Crippen LogP contribution in [0.1, 0.15) is 32.2 Å². The van der Waals surface area contributed by atoms with Gasteiger partial charge in [0.05, 0.1) is 0 Å². The van der Waals surface area contributed by atoms with Crippen molar-refractivity contribution >= 4 is 12.1 Å². The third kappa shape index (κ3) is 5.76. The first-order valence-corrected chi connectivity index (χ1v) is 8.00. The van der Waals surface area contributed by atoms with E-state index < -0.39 is 23.7 Å². The van der Waals surface area contributed by atoms with Gasteiger partial charge in [0.15, 0.2) is 5.82 Å². The molecule has 0 spiro atoms. The fourth-order valence-electron chi connectivity index (χ4n) is 2.12. The van der Waals surface area contributed by atoms with Gasteiger partial charge in [-0.15, -0.1) is 20.4 Å². The van der Waals surface area contributed by atoms with Gasteiger partial charge >= 0.3 is 12.1 Å². The predicted octanol–water partition coefficient (Wildman–Crippen LogP) is 1.76. The lowest BCUT2D eigenvalue weighted by atomic mass is 10.0. The minimum Gasteiger partial charge on any atom is -0.480 e. The van der Waals surface area contributed by atoms with E-state index in [1.54, 1.807) is 52.0 Å². The average Bonchev–Trinajstić information content (AvgIpc) is 2.53. The van der Waals surface area contributed by atoms with E-state index in [0.29, 0.717) is 22.8 Å². The van der Waals surface area contributed by atoms with Crippen molar-refractivity contribution in [3.8, 4) is 11.4 Å². The highest BCUT2D eigenvalue weighted by Crippen LogP contribution is 2.16.